The van der Waals surface area contributed by atoms with Crippen LogP contribution in [0.15, 0.2) is 23.0 Å². The van der Waals surface area contributed by atoms with Crippen LogP contribution in [0.2, 0.25) is 0 Å². The van der Waals surface area contributed by atoms with Crippen molar-refractivity contribution in [3.63, 3.8) is 0 Å². The lowest BCUT2D eigenvalue weighted by Crippen LogP contribution is -2.36. The first-order chi connectivity index (χ1) is 7.34. The van der Waals surface area contributed by atoms with Crippen molar-refractivity contribution in [1.82, 2.24) is 10.2 Å². The van der Waals surface area contributed by atoms with Gasteiger partial charge in [0.25, 0.3) is 5.91 Å². The lowest BCUT2D eigenvalue weighted by Gasteiger charge is -2.24. The molecule has 2 fully saturated rings. The fourth-order valence-corrected chi connectivity index (χ4v) is 2.59. The number of hydrogen-bond donors (Lipinski definition) is 1. The molecule has 1 aromatic rings. The first-order valence-corrected chi connectivity index (χ1v) is 5.41. The number of rotatable bonds is 1. The maximum absolute atomic E-state index is 12.1. The molecule has 4 heteroatoms. The normalized spacial score (nSPS) is 29.5. The van der Waals surface area contributed by atoms with Crippen LogP contribution in [0.1, 0.15) is 23.2 Å². The van der Waals surface area contributed by atoms with Crippen LogP contribution in [-0.2, 0) is 0 Å². The monoisotopic (exact) mass is 206 g/mol. The van der Waals surface area contributed by atoms with Gasteiger partial charge in [0.2, 0.25) is 0 Å². The van der Waals surface area contributed by atoms with Gasteiger partial charge in [0.1, 0.15) is 6.26 Å². The Kier molecular flexibility index (Phi) is 2.02. The number of carbonyl (C=O) groups is 1. The summed E-state index contributed by atoms with van der Waals surface area (Å²) < 4.78 is 4.94. The van der Waals surface area contributed by atoms with Crippen LogP contribution in [0.25, 0.3) is 0 Å². The predicted molar refractivity (Wildman–Crippen MR) is 54.6 cm³/mol. The molecule has 3 heterocycles. The molecule has 2 atom stereocenters. The van der Waals surface area contributed by atoms with Crippen molar-refractivity contribution < 1.29 is 9.21 Å². The zero-order valence-electron chi connectivity index (χ0n) is 8.48. The third-order valence-corrected chi connectivity index (χ3v) is 3.35. The van der Waals surface area contributed by atoms with Crippen LogP contribution < -0.4 is 5.32 Å². The highest BCUT2D eigenvalue weighted by atomic mass is 16.3. The molecule has 0 saturated carbocycles. The molecule has 1 N–H and O–H groups in total. The lowest BCUT2D eigenvalue weighted by molar-refractivity contribution is 0.0735. The number of fused-ring (bicyclic) bond motifs is 2. The van der Waals surface area contributed by atoms with Crippen molar-refractivity contribution in [2.45, 2.75) is 24.9 Å². The van der Waals surface area contributed by atoms with Crippen molar-refractivity contribution in [1.29, 1.82) is 0 Å². The van der Waals surface area contributed by atoms with E-state index >= 15 is 0 Å². The number of piperidine rings is 1. The van der Waals surface area contributed by atoms with Gasteiger partial charge in [-0.1, -0.05) is 0 Å². The molecule has 2 aliphatic heterocycles. The quantitative estimate of drug-likeness (QED) is 0.741. The molecule has 2 unspecified atom stereocenters. The van der Waals surface area contributed by atoms with Gasteiger partial charge in [-0.2, -0.15) is 0 Å². The molecular weight excluding hydrogens is 192 g/mol. The minimum Gasteiger partial charge on any atom is -0.472 e. The average molecular weight is 206 g/mol. The Bertz CT molecular complexity index is 361. The molecule has 3 rings (SSSR count). The van der Waals surface area contributed by atoms with Crippen LogP contribution in [0.5, 0.6) is 0 Å². The Morgan fingerprint density at radius 3 is 3.27 bits per heavy atom. The smallest absolute Gasteiger partial charge is 0.257 e. The van der Waals surface area contributed by atoms with Crippen LogP contribution >= 0.6 is 0 Å². The van der Waals surface area contributed by atoms with E-state index in [9.17, 15) is 4.79 Å². The Morgan fingerprint density at radius 2 is 2.53 bits per heavy atom. The zero-order chi connectivity index (χ0) is 10.3. The van der Waals surface area contributed by atoms with E-state index in [0.29, 0.717) is 17.6 Å². The van der Waals surface area contributed by atoms with E-state index in [0.717, 1.165) is 25.9 Å². The van der Waals surface area contributed by atoms with E-state index in [1.807, 2.05) is 4.90 Å². The number of furan rings is 1. The Hall–Kier alpha value is -1.29. The maximum atomic E-state index is 12.1. The molecule has 4 nitrogen and oxygen atoms in total. The average Bonchev–Trinajstić information content (AvgIpc) is 2.86. The summed E-state index contributed by atoms with van der Waals surface area (Å²) in [7, 11) is 0. The molecule has 15 heavy (non-hydrogen) atoms. The van der Waals surface area contributed by atoms with E-state index in [1.165, 1.54) is 6.26 Å². The van der Waals surface area contributed by atoms with E-state index in [1.54, 1.807) is 12.3 Å². The molecule has 2 bridgehead atoms. The predicted octanol–water partition coefficient (Wildman–Crippen LogP) is 0.856. The van der Waals surface area contributed by atoms with Crippen molar-refractivity contribution in [3.05, 3.63) is 24.2 Å². The van der Waals surface area contributed by atoms with Gasteiger partial charge in [0.15, 0.2) is 0 Å². The van der Waals surface area contributed by atoms with Crippen molar-refractivity contribution >= 4 is 5.91 Å². The maximum Gasteiger partial charge on any atom is 0.257 e. The summed E-state index contributed by atoms with van der Waals surface area (Å²) in [6.45, 7) is 1.87. The second kappa shape index (κ2) is 3.38. The van der Waals surface area contributed by atoms with Gasteiger partial charge in [-0.05, 0) is 25.5 Å². The van der Waals surface area contributed by atoms with Crippen LogP contribution in [0, 0.1) is 0 Å². The molecule has 0 aromatic carbocycles. The van der Waals surface area contributed by atoms with Crippen molar-refractivity contribution in [2.75, 3.05) is 13.1 Å². The summed E-state index contributed by atoms with van der Waals surface area (Å²) >= 11 is 0. The van der Waals surface area contributed by atoms with Gasteiger partial charge >= 0.3 is 0 Å². The van der Waals surface area contributed by atoms with Crippen molar-refractivity contribution in [3.8, 4) is 0 Å². The topological polar surface area (TPSA) is 45.5 Å². The minimum absolute atomic E-state index is 0.111. The largest absolute Gasteiger partial charge is 0.472 e. The highest BCUT2D eigenvalue weighted by molar-refractivity contribution is 5.94. The number of likely N-dealkylation sites (tertiary alicyclic amines) is 1. The molecule has 80 valence electrons. The number of amides is 1. The Labute approximate surface area is 88.2 Å². The third-order valence-electron chi connectivity index (χ3n) is 3.35. The Balaban J connectivity index is 1.80. The number of nitrogens with zero attached hydrogens (tertiary/aromatic N) is 1. The standard InChI is InChI=1S/C11H14N2O2/c14-11(8-2-4-15-7-8)13-6-9-5-10(13)1-3-12-9/h2,4,7,9-10,12H,1,3,5-6H2. The first-order valence-electron chi connectivity index (χ1n) is 5.41. The number of carbonyl (C=O) groups excluding carboxylic acids is 1. The van der Waals surface area contributed by atoms with Gasteiger partial charge < -0.3 is 14.6 Å². The number of nitrogens with one attached hydrogen (secondary N) is 1. The molecular formula is C11H14N2O2. The summed E-state index contributed by atoms with van der Waals surface area (Å²) in [5, 5.41) is 3.42. The second-order valence-electron chi connectivity index (χ2n) is 4.30. The molecule has 0 aliphatic carbocycles. The van der Waals surface area contributed by atoms with E-state index < -0.39 is 0 Å². The zero-order valence-corrected chi connectivity index (χ0v) is 8.48. The summed E-state index contributed by atoms with van der Waals surface area (Å²) in [6.07, 6.45) is 5.25. The summed E-state index contributed by atoms with van der Waals surface area (Å²) in [5.74, 6) is 0.111. The van der Waals surface area contributed by atoms with E-state index in [2.05, 4.69) is 5.32 Å². The summed E-state index contributed by atoms with van der Waals surface area (Å²) in [6, 6.07) is 2.66. The van der Waals surface area contributed by atoms with Gasteiger partial charge in [-0.3, -0.25) is 4.79 Å². The molecule has 1 amide bonds. The molecule has 2 saturated heterocycles. The van der Waals surface area contributed by atoms with Gasteiger partial charge in [-0.15, -0.1) is 0 Å². The highest BCUT2D eigenvalue weighted by Crippen LogP contribution is 2.25. The minimum atomic E-state index is 0.111. The van der Waals surface area contributed by atoms with Gasteiger partial charge in [0.05, 0.1) is 11.8 Å². The molecule has 0 spiro atoms. The lowest BCUT2D eigenvalue weighted by atomic mass is 10.1. The fourth-order valence-electron chi connectivity index (χ4n) is 2.59. The third kappa shape index (κ3) is 1.45. The second-order valence-corrected chi connectivity index (χ2v) is 4.30. The van der Waals surface area contributed by atoms with Crippen molar-refractivity contribution in [2.24, 2.45) is 0 Å². The highest BCUT2D eigenvalue weighted by Gasteiger charge is 2.37. The fraction of sp³-hybridized carbons (Fsp3) is 0.545. The van der Waals surface area contributed by atoms with Crippen LogP contribution in [0.3, 0.4) is 0 Å². The van der Waals surface area contributed by atoms with E-state index in [-0.39, 0.29) is 5.91 Å². The van der Waals surface area contributed by atoms with Crippen LogP contribution in [-0.4, -0.2) is 36.0 Å². The van der Waals surface area contributed by atoms with Crippen LogP contribution in [0.4, 0.5) is 0 Å². The van der Waals surface area contributed by atoms with Gasteiger partial charge in [0, 0.05) is 18.6 Å². The molecule has 0 radical (unpaired) electrons. The summed E-state index contributed by atoms with van der Waals surface area (Å²) in [4.78, 5) is 14.1. The SMILES string of the molecule is O=C(c1ccoc1)N1CC2CC1CCN2. The number of hydrogen-bond acceptors (Lipinski definition) is 3. The first kappa shape index (κ1) is 8.97. The van der Waals surface area contributed by atoms with Gasteiger partial charge in [-0.25, -0.2) is 0 Å². The molecule has 2 aliphatic rings. The van der Waals surface area contributed by atoms with E-state index in [4.69, 9.17) is 4.42 Å². The molecule has 1 aromatic heterocycles. The Morgan fingerprint density at radius 1 is 1.60 bits per heavy atom. The summed E-state index contributed by atoms with van der Waals surface area (Å²) in [5.41, 5.74) is 0.669.